The maximum atomic E-state index is 13.3. The van der Waals surface area contributed by atoms with E-state index in [1.807, 2.05) is 17.9 Å². The molecule has 30 heavy (non-hydrogen) atoms. The zero-order valence-corrected chi connectivity index (χ0v) is 18.1. The summed E-state index contributed by atoms with van der Waals surface area (Å²) in [7, 11) is 0. The minimum Gasteiger partial charge on any atom is -0.334 e. The van der Waals surface area contributed by atoms with E-state index in [0.29, 0.717) is 18.6 Å². The Balaban J connectivity index is 1.46. The fourth-order valence-electron chi connectivity index (χ4n) is 4.76. The second-order valence-electron chi connectivity index (χ2n) is 8.29. The van der Waals surface area contributed by atoms with Crippen LogP contribution in [0.5, 0.6) is 0 Å². The standard InChI is InChI=1S/C22H27N5O2S/c1-2-21(28)26-8-4-3-5-19(26)18-11-20-23-17-6-9-25(12-15-7-10-30-14-15)13-16(17)22(29)27(20)24-18/h7,10-11,14,19,24H,2-6,8-9,12-13H2,1H3/t19-/m1/s1. The van der Waals surface area contributed by atoms with Crippen molar-refractivity contribution in [1.29, 1.82) is 0 Å². The van der Waals surface area contributed by atoms with E-state index in [-0.39, 0.29) is 17.5 Å². The largest absolute Gasteiger partial charge is 0.334 e. The van der Waals surface area contributed by atoms with E-state index >= 15 is 0 Å². The van der Waals surface area contributed by atoms with Crippen molar-refractivity contribution in [2.24, 2.45) is 0 Å². The van der Waals surface area contributed by atoms with E-state index < -0.39 is 0 Å². The first-order chi connectivity index (χ1) is 14.6. The minimum atomic E-state index is -0.0135. The Morgan fingerprint density at radius 3 is 3.03 bits per heavy atom. The number of nitrogens with one attached hydrogen (secondary N) is 1. The van der Waals surface area contributed by atoms with Gasteiger partial charge in [-0.2, -0.15) is 11.3 Å². The van der Waals surface area contributed by atoms with E-state index in [2.05, 4.69) is 26.8 Å². The van der Waals surface area contributed by atoms with Gasteiger partial charge >= 0.3 is 0 Å². The normalized spacial score (nSPS) is 19.9. The Kier molecular flexibility index (Phi) is 5.20. The summed E-state index contributed by atoms with van der Waals surface area (Å²) in [5, 5.41) is 7.53. The number of hydrogen-bond donors (Lipinski definition) is 1. The summed E-state index contributed by atoms with van der Waals surface area (Å²) in [5.74, 6) is 0.169. The molecule has 0 aromatic carbocycles. The molecule has 2 aliphatic heterocycles. The van der Waals surface area contributed by atoms with Gasteiger partial charge in [0.25, 0.3) is 5.56 Å². The van der Waals surface area contributed by atoms with Crippen LogP contribution < -0.4 is 5.56 Å². The van der Waals surface area contributed by atoms with Crippen molar-refractivity contribution < 1.29 is 4.79 Å². The highest BCUT2D eigenvalue weighted by atomic mass is 32.1. The van der Waals surface area contributed by atoms with Gasteiger partial charge in [0.05, 0.1) is 23.0 Å². The van der Waals surface area contributed by atoms with Gasteiger partial charge < -0.3 is 4.90 Å². The van der Waals surface area contributed by atoms with E-state index in [0.717, 1.165) is 62.3 Å². The van der Waals surface area contributed by atoms with Crippen molar-refractivity contribution in [1.82, 2.24) is 24.4 Å². The van der Waals surface area contributed by atoms with Crippen molar-refractivity contribution in [3.63, 3.8) is 0 Å². The summed E-state index contributed by atoms with van der Waals surface area (Å²) in [6.07, 6.45) is 4.33. The molecular formula is C22H27N5O2S. The lowest BCUT2D eigenvalue weighted by Crippen LogP contribution is -2.38. The number of H-pyrrole nitrogens is 1. The van der Waals surface area contributed by atoms with Crippen LogP contribution in [0.1, 0.15) is 61.2 Å². The molecule has 3 aromatic rings. The van der Waals surface area contributed by atoms with Gasteiger partial charge in [-0.05, 0) is 41.7 Å². The molecule has 5 heterocycles. The molecule has 1 fully saturated rings. The van der Waals surface area contributed by atoms with Crippen molar-refractivity contribution >= 4 is 22.9 Å². The van der Waals surface area contributed by atoms with Crippen molar-refractivity contribution in [2.75, 3.05) is 13.1 Å². The Bertz CT molecular complexity index is 1120. The maximum Gasteiger partial charge on any atom is 0.277 e. The number of hydrogen-bond acceptors (Lipinski definition) is 5. The van der Waals surface area contributed by atoms with Crippen LogP contribution in [0.15, 0.2) is 27.7 Å². The van der Waals surface area contributed by atoms with E-state index in [1.165, 1.54) is 5.56 Å². The Morgan fingerprint density at radius 2 is 2.23 bits per heavy atom. The molecule has 5 rings (SSSR count). The molecule has 1 saturated heterocycles. The third-order valence-electron chi connectivity index (χ3n) is 6.33. The van der Waals surface area contributed by atoms with Gasteiger partial charge in [0.15, 0.2) is 5.65 Å². The van der Waals surface area contributed by atoms with E-state index in [4.69, 9.17) is 4.98 Å². The Hall–Kier alpha value is -2.45. The molecule has 0 bridgehead atoms. The predicted octanol–water partition coefficient (Wildman–Crippen LogP) is 3.11. The van der Waals surface area contributed by atoms with Crippen LogP contribution in [0, 0.1) is 0 Å². The summed E-state index contributed by atoms with van der Waals surface area (Å²) in [4.78, 5) is 34.8. The molecule has 3 aromatic heterocycles. The lowest BCUT2D eigenvalue weighted by atomic mass is 9.99. The topological polar surface area (TPSA) is 73.7 Å². The summed E-state index contributed by atoms with van der Waals surface area (Å²) >= 11 is 1.70. The molecule has 0 saturated carbocycles. The molecule has 2 aliphatic rings. The van der Waals surface area contributed by atoms with Gasteiger partial charge in [0.1, 0.15) is 0 Å². The number of likely N-dealkylation sites (tertiary alicyclic amines) is 1. The van der Waals surface area contributed by atoms with Gasteiger partial charge in [0, 0.05) is 45.1 Å². The number of aromatic amines is 1. The number of amides is 1. The van der Waals surface area contributed by atoms with Crippen LogP contribution in [0.3, 0.4) is 0 Å². The van der Waals surface area contributed by atoms with E-state index in [1.54, 1.807) is 15.9 Å². The zero-order chi connectivity index (χ0) is 20.7. The van der Waals surface area contributed by atoms with Gasteiger partial charge in [-0.25, -0.2) is 9.50 Å². The van der Waals surface area contributed by atoms with Gasteiger partial charge in [-0.3, -0.25) is 19.6 Å². The number of rotatable bonds is 4. The first-order valence-corrected chi connectivity index (χ1v) is 11.7. The van der Waals surface area contributed by atoms with Crippen molar-refractivity contribution in [3.05, 3.63) is 55.8 Å². The highest BCUT2D eigenvalue weighted by Gasteiger charge is 2.29. The molecule has 1 amide bonds. The van der Waals surface area contributed by atoms with Crippen LogP contribution in [0.4, 0.5) is 0 Å². The molecule has 158 valence electrons. The second-order valence-corrected chi connectivity index (χ2v) is 9.07. The quantitative estimate of drug-likeness (QED) is 0.697. The second kappa shape index (κ2) is 8.00. The van der Waals surface area contributed by atoms with Crippen LogP contribution >= 0.6 is 11.3 Å². The van der Waals surface area contributed by atoms with E-state index in [9.17, 15) is 9.59 Å². The molecule has 1 atom stereocenters. The highest BCUT2D eigenvalue weighted by molar-refractivity contribution is 7.07. The monoisotopic (exact) mass is 425 g/mol. The van der Waals surface area contributed by atoms with Crippen LogP contribution in [-0.4, -0.2) is 43.4 Å². The molecule has 0 radical (unpaired) electrons. The van der Waals surface area contributed by atoms with Gasteiger partial charge in [-0.1, -0.05) is 6.92 Å². The first-order valence-electron chi connectivity index (χ1n) is 10.8. The lowest BCUT2D eigenvalue weighted by molar-refractivity contribution is -0.134. The smallest absolute Gasteiger partial charge is 0.277 e. The number of piperidine rings is 1. The Labute approximate surface area is 179 Å². The summed E-state index contributed by atoms with van der Waals surface area (Å²) in [6, 6.07) is 4.10. The molecular weight excluding hydrogens is 398 g/mol. The molecule has 1 N–H and O–H groups in total. The SMILES string of the molecule is CCC(=O)N1CCCC[C@@H]1c1cc2nc3c(c(=O)n2[nH]1)CN(Cc1ccsc1)CC3. The first kappa shape index (κ1) is 19.5. The average molecular weight is 426 g/mol. The highest BCUT2D eigenvalue weighted by Crippen LogP contribution is 2.31. The summed E-state index contributed by atoms with van der Waals surface area (Å²) in [5.41, 5.74) is 4.55. The third-order valence-corrected chi connectivity index (χ3v) is 7.06. The number of nitrogens with zero attached hydrogens (tertiary/aromatic N) is 4. The average Bonchev–Trinajstić information content (AvgIpc) is 3.44. The Morgan fingerprint density at radius 1 is 1.33 bits per heavy atom. The summed E-state index contributed by atoms with van der Waals surface area (Å²) < 4.78 is 1.57. The number of fused-ring (bicyclic) bond motifs is 2. The number of thiophene rings is 1. The van der Waals surface area contributed by atoms with Gasteiger partial charge in [0.2, 0.25) is 5.91 Å². The van der Waals surface area contributed by atoms with Crippen LogP contribution in [0.25, 0.3) is 5.65 Å². The maximum absolute atomic E-state index is 13.3. The van der Waals surface area contributed by atoms with Gasteiger partial charge in [-0.15, -0.1) is 0 Å². The number of carbonyl (C=O) groups is 1. The number of carbonyl (C=O) groups excluding carboxylic acids is 1. The third kappa shape index (κ3) is 3.48. The minimum absolute atomic E-state index is 0.000539. The van der Waals surface area contributed by atoms with Crippen molar-refractivity contribution in [3.8, 4) is 0 Å². The lowest BCUT2D eigenvalue weighted by Gasteiger charge is -2.35. The molecule has 8 heteroatoms. The van der Waals surface area contributed by atoms with Crippen molar-refractivity contribution in [2.45, 2.75) is 58.2 Å². The fraction of sp³-hybridized carbons (Fsp3) is 0.500. The molecule has 0 unspecified atom stereocenters. The molecule has 7 nitrogen and oxygen atoms in total. The molecule has 0 aliphatic carbocycles. The predicted molar refractivity (Wildman–Crippen MR) is 117 cm³/mol. The fourth-order valence-corrected chi connectivity index (χ4v) is 5.42. The number of aromatic nitrogens is 3. The zero-order valence-electron chi connectivity index (χ0n) is 17.3. The summed E-state index contributed by atoms with van der Waals surface area (Å²) in [6.45, 7) is 5.07. The van der Waals surface area contributed by atoms with Crippen LogP contribution in [0.2, 0.25) is 0 Å². The molecule has 0 spiro atoms. The van der Waals surface area contributed by atoms with Crippen LogP contribution in [-0.2, 0) is 24.3 Å².